The van der Waals surface area contributed by atoms with Gasteiger partial charge in [-0.1, -0.05) is 24.3 Å². The van der Waals surface area contributed by atoms with Crippen LogP contribution in [0.3, 0.4) is 0 Å². The second-order valence-corrected chi connectivity index (χ2v) is 4.82. The third-order valence-electron chi connectivity index (χ3n) is 3.61. The lowest BCUT2D eigenvalue weighted by atomic mass is 9.84. The van der Waals surface area contributed by atoms with E-state index in [0.29, 0.717) is 13.0 Å². The highest BCUT2D eigenvalue weighted by atomic mass is 19.1. The predicted molar refractivity (Wildman–Crippen MR) is 73.0 cm³/mol. The molecule has 102 valence electrons. The Bertz CT molecular complexity index is 649. The van der Waals surface area contributed by atoms with Crippen molar-refractivity contribution in [3.8, 4) is 0 Å². The molecule has 4 heteroatoms. The number of hydrogen-bond acceptors (Lipinski definition) is 2. The summed E-state index contributed by atoms with van der Waals surface area (Å²) >= 11 is 0. The van der Waals surface area contributed by atoms with E-state index in [9.17, 15) is 13.6 Å². The standard InChI is InChI=1S/C16H13F2NO/c17-12-5-3-6-13(18)15(12)16(20)11-8-9-19-14-7-2-1-4-10(11)14/h1-7,11,19H,8-9H2. The zero-order chi connectivity index (χ0) is 14.1. The maximum absolute atomic E-state index is 13.8. The fraction of sp³-hybridized carbons (Fsp3) is 0.188. The Kier molecular flexibility index (Phi) is 3.22. The number of Topliss-reactive ketones (excluding diaryl/α,β-unsaturated/α-hetero) is 1. The van der Waals surface area contributed by atoms with Crippen molar-refractivity contribution in [3.05, 3.63) is 65.2 Å². The van der Waals surface area contributed by atoms with Crippen LogP contribution < -0.4 is 5.32 Å². The number of rotatable bonds is 2. The summed E-state index contributed by atoms with van der Waals surface area (Å²) in [5.74, 6) is -2.59. The summed E-state index contributed by atoms with van der Waals surface area (Å²) in [6.07, 6.45) is 0.531. The summed E-state index contributed by atoms with van der Waals surface area (Å²) in [5, 5.41) is 3.19. The van der Waals surface area contributed by atoms with Crippen molar-refractivity contribution in [1.82, 2.24) is 0 Å². The first-order valence-corrected chi connectivity index (χ1v) is 6.49. The van der Waals surface area contributed by atoms with Crippen LogP contribution in [0, 0.1) is 11.6 Å². The summed E-state index contributed by atoms with van der Waals surface area (Å²) in [7, 11) is 0. The molecule has 1 atom stereocenters. The predicted octanol–water partition coefficient (Wildman–Crippen LogP) is 3.75. The molecule has 0 aromatic heterocycles. The van der Waals surface area contributed by atoms with Crippen LogP contribution in [-0.4, -0.2) is 12.3 Å². The Morgan fingerprint density at radius 2 is 1.75 bits per heavy atom. The highest BCUT2D eigenvalue weighted by Crippen LogP contribution is 2.34. The van der Waals surface area contributed by atoms with Crippen LogP contribution in [0.15, 0.2) is 42.5 Å². The van der Waals surface area contributed by atoms with Crippen LogP contribution in [0.25, 0.3) is 0 Å². The average Bonchev–Trinajstić information content (AvgIpc) is 2.46. The molecule has 1 aliphatic heterocycles. The molecule has 0 aliphatic carbocycles. The second kappa shape index (κ2) is 5.04. The number of para-hydroxylation sites is 1. The lowest BCUT2D eigenvalue weighted by Gasteiger charge is -2.25. The smallest absolute Gasteiger partial charge is 0.176 e. The molecule has 1 aliphatic rings. The van der Waals surface area contributed by atoms with Crippen molar-refractivity contribution in [2.75, 3.05) is 11.9 Å². The van der Waals surface area contributed by atoms with Gasteiger partial charge in [0.05, 0.1) is 11.5 Å². The summed E-state index contributed by atoms with van der Waals surface area (Å²) in [6.45, 7) is 0.615. The Balaban J connectivity index is 2.05. The Labute approximate surface area is 115 Å². The fourth-order valence-corrected chi connectivity index (χ4v) is 2.65. The van der Waals surface area contributed by atoms with Gasteiger partial charge in [-0.2, -0.15) is 0 Å². The molecule has 0 saturated heterocycles. The molecule has 1 N–H and O–H groups in total. The van der Waals surface area contributed by atoms with Gasteiger partial charge in [-0.05, 0) is 30.2 Å². The van der Waals surface area contributed by atoms with E-state index in [0.717, 1.165) is 23.4 Å². The number of carbonyl (C=O) groups excluding carboxylic acids is 1. The molecule has 2 aromatic carbocycles. The quantitative estimate of drug-likeness (QED) is 0.844. The van der Waals surface area contributed by atoms with Crippen molar-refractivity contribution in [2.24, 2.45) is 0 Å². The lowest BCUT2D eigenvalue weighted by Crippen LogP contribution is -2.24. The molecule has 0 radical (unpaired) electrons. The summed E-state index contributed by atoms with van der Waals surface area (Å²) in [6, 6.07) is 10.9. The number of benzene rings is 2. The third kappa shape index (κ3) is 2.07. The largest absolute Gasteiger partial charge is 0.385 e. The molecule has 0 amide bonds. The fourth-order valence-electron chi connectivity index (χ4n) is 2.65. The molecule has 2 nitrogen and oxygen atoms in total. The molecular weight excluding hydrogens is 260 g/mol. The van der Waals surface area contributed by atoms with Gasteiger partial charge in [0.15, 0.2) is 5.78 Å². The van der Waals surface area contributed by atoms with Crippen LogP contribution in [0.2, 0.25) is 0 Å². The molecule has 1 heterocycles. The Morgan fingerprint density at radius 3 is 2.50 bits per heavy atom. The Morgan fingerprint density at radius 1 is 1.05 bits per heavy atom. The highest BCUT2D eigenvalue weighted by molar-refractivity contribution is 6.02. The van der Waals surface area contributed by atoms with E-state index in [1.807, 2.05) is 24.3 Å². The zero-order valence-corrected chi connectivity index (χ0v) is 10.7. The molecule has 20 heavy (non-hydrogen) atoms. The monoisotopic (exact) mass is 273 g/mol. The summed E-state index contributed by atoms with van der Waals surface area (Å²) in [5.41, 5.74) is 1.22. The topological polar surface area (TPSA) is 29.1 Å². The van der Waals surface area contributed by atoms with Crippen molar-refractivity contribution >= 4 is 11.5 Å². The number of anilines is 1. The van der Waals surface area contributed by atoms with Crippen LogP contribution in [0.1, 0.15) is 28.3 Å². The first-order chi connectivity index (χ1) is 9.68. The minimum absolute atomic E-state index is 0.436. The van der Waals surface area contributed by atoms with E-state index in [1.54, 1.807) is 0 Å². The lowest BCUT2D eigenvalue weighted by molar-refractivity contribution is 0.0947. The van der Waals surface area contributed by atoms with E-state index < -0.39 is 28.9 Å². The van der Waals surface area contributed by atoms with Gasteiger partial charge in [-0.25, -0.2) is 8.78 Å². The molecule has 0 fully saturated rings. The number of fused-ring (bicyclic) bond motifs is 1. The van der Waals surface area contributed by atoms with Crippen molar-refractivity contribution in [2.45, 2.75) is 12.3 Å². The van der Waals surface area contributed by atoms with E-state index in [4.69, 9.17) is 0 Å². The van der Waals surface area contributed by atoms with Crippen LogP contribution in [-0.2, 0) is 0 Å². The minimum atomic E-state index is -0.800. The maximum Gasteiger partial charge on any atom is 0.176 e. The molecule has 2 aromatic rings. The second-order valence-electron chi connectivity index (χ2n) is 4.82. The van der Waals surface area contributed by atoms with E-state index in [2.05, 4.69) is 5.32 Å². The average molecular weight is 273 g/mol. The van der Waals surface area contributed by atoms with Gasteiger partial charge in [0.25, 0.3) is 0 Å². The normalized spacial score (nSPS) is 17.2. The van der Waals surface area contributed by atoms with E-state index in [-0.39, 0.29) is 0 Å². The number of hydrogen-bond donors (Lipinski definition) is 1. The van der Waals surface area contributed by atoms with Gasteiger partial charge < -0.3 is 5.32 Å². The molecular formula is C16H13F2NO. The van der Waals surface area contributed by atoms with Gasteiger partial charge in [0, 0.05) is 12.2 Å². The third-order valence-corrected chi connectivity index (χ3v) is 3.61. The first kappa shape index (κ1) is 12.8. The van der Waals surface area contributed by atoms with Crippen molar-refractivity contribution in [1.29, 1.82) is 0 Å². The van der Waals surface area contributed by atoms with Gasteiger partial charge in [-0.3, -0.25) is 4.79 Å². The van der Waals surface area contributed by atoms with Crippen molar-refractivity contribution < 1.29 is 13.6 Å². The van der Waals surface area contributed by atoms with Crippen molar-refractivity contribution in [3.63, 3.8) is 0 Å². The summed E-state index contributed by atoms with van der Waals surface area (Å²) < 4.78 is 27.5. The maximum atomic E-state index is 13.8. The van der Waals surface area contributed by atoms with Gasteiger partial charge >= 0.3 is 0 Å². The molecule has 3 rings (SSSR count). The molecule has 0 spiro atoms. The molecule has 0 saturated carbocycles. The van der Waals surface area contributed by atoms with E-state index >= 15 is 0 Å². The van der Waals surface area contributed by atoms with E-state index in [1.165, 1.54) is 6.07 Å². The SMILES string of the molecule is O=C(c1c(F)cccc1F)C1CCNc2ccccc21. The van der Waals surface area contributed by atoms with Crippen LogP contribution in [0.5, 0.6) is 0 Å². The number of halogens is 2. The van der Waals surface area contributed by atoms with Crippen LogP contribution in [0.4, 0.5) is 14.5 Å². The number of carbonyl (C=O) groups is 1. The highest BCUT2D eigenvalue weighted by Gasteiger charge is 2.30. The molecule has 0 bridgehead atoms. The first-order valence-electron chi connectivity index (χ1n) is 6.49. The summed E-state index contributed by atoms with van der Waals surface area (Å²) in [4.78, 5) is 12.5. The van der Waals surface area contributed by atoms with Crippen LogP contribution >= 0.6 is 0 Å². The number of ketones is 1. The van der Waals surface area contributed by atoms with Gasteiger partial charge in [0.1, 0.15) is 11.6 Å². The van der Waals surface area contributed by atoms with Gasteiger partial charge in [-0.15, -0.1) is 0 Å². The zero-order valence-electron chi connectivity index (χ0n) is 10.7. The number of nitrogens with one attached hydrogen (secondary N) is 1. The Hall–Kier alpha value is -2.23. The van der Waals surface area contributed by atoms with Gasteiger partial charge in [0.2, 0.25) is 0 Å². The molecule has 1 unspecified atom stereocenters. The minimum Gasteiger partial charge on any atom is -0.385 e.